The van der Waals surface area contributed by atoms with Crippen molar-refractivity contribution < 1.29 is 4.74 Å². The van der Waals surface area contributed by atoms with E-state index in [-0.39, 0.29) is 12.1 Å². The molecule has 0 aromatic heterocycles. The molecular formula is C24H27Cl2N5O. The van der Waals surface area contributed by atoms with E-state index in [4.69, 9.17) is 39.4 Å². The Labute approximate surface area is 198 Å². The minimum absolute atomic E-state index is 0.0448. The number of nitrogens with one attached hydrogen (secondary N) is 2. The molecule has 1 aliphatic heterocycles. The lowest BCUT2D eigenvalue weighted by Gasteiger charge is -2.36. The van der Waals surface area contributed by atoms with Gasteiger partial charge in [-0.15, -0.1) is 0 Å². The summed E-state index contributed by atoms with van der Waals surface area (Å²) in [5.74, 6) is 0.808. The van der Waals surface area contributed by atoms with Gasteiger partial charge in [-0.3, -0.25) is 0 Å². The lowest BCUT2D eigenvalue weighted by Crippen LogP contribution is -2.52. The van der Waals surface area contributed by atoms with Crippen molar-refractivity contribution in [2.24, 2.45) is 11.5 Å². The van der Waals surface area contributed by atoms with Crippen LogP contribution in [0.15, 0.2) is 60.7 Å². The zero-order valence-electron chi connectivity index (χ0n) is 17.8. The van der Waals surface area contributed by atoms with E-state index in [9.17, 15) is 0 Å². The zero-order valence-corrected chi connectivity index (χ0v) is 19.3. The minimum Gasteiger partial charge on any atom is -0.497 e. The van der Waals surface area contributed by atoms with E-state index in [2.05, 4.69) is 27.7 Å². The molecule has 3 aromatic rings. The van der Waals surface area contributed by atoms with Crippen LogP contribution in [-0.4, -0.2) is 32.3 Å². The molecule has 0 spiro atoms. The minimum atomic E-state index is 0.0448. The van der Waals surface area contributed by atoms with Crippen molar-refractivity contribution in [2.45, 2.75) is 18.5 Å². The number of benzene rings is 3. The summed E-state index contributed by atoms with van der Waals surface area (Å²) in [4.78, 5) is 2.23. The third-order valence-electron chi connectivity index (χ3n) is 5.39. The molecule has 2 atom stereocenters. The van der Waals surface area contributed by atoms with E-state index in [1.54, 1.807) is 19.2 Å². The van der Waals surface area contributed by atoms with Crippen molar-refractivity contribution >= 4 is 51.6 Å². The molecule has 1 saturated heterocycles. The second kappa shape index (κ2) is 9.88. The van der Waals surface area contributed by atoms with Crippen LogP contribution in [0.2, 0.25) is 10.0 Å². The van der Waals surface area contributed by atoms with Crippen molar-refractivity contribution in [3.8, 4) is 5.75 Å². The van der Waals surface area contributed by atoms with Crippen LogP contribution in [-0.2, 0) is 0 Å². The fraction of sp³-hybridized carbons (Fsp3) is 0.250. The molecule has 4 rings (SSSR count). The van der Waals surface area contributed by atoms with Crippen LogP contribution in [0.5, 0.6) is 5.75 Å². The summed E-state index contributed by atoms with van der Waals surface area (Å²) in [6.45, 7) is 1.51. The van der Waals surface area contributed by atoms with E-state index in [1.165, 1.54) is 0 Å². The van der Waals surface area contributed by atoms with Gasteiger partial charge in [0.05, 0.1) is 17.2 Å². The highest BCUT2D eigenvalue weighted by atomic mass is 35.5. The summed E-state index contributed by atoms with van der Waals surface area (Å²) in [6.07, 6.45) is 0.828. The van der Waals surface area contributed by atoms with E-state index < -0.39 is 0 Å². The largest absolute Gasteiger partial charge is 0.497 e. The summed E-state index contributed by atoms with van der Waals surface area (Å²) < 4.78 is 5.25. The summed E-state index contributed by atoms with van der Waals surface area (Å²) in [5.41, 5.74) is 17.2. The molecule has 0 amide bonds. The highest BCUT2D eigenvalue weighted by molar-refractivity contribution is 6.42. The third-order valence-corrected chi connectivity index (χ3v) is 6.12. The Bertz CT molecular complexity index is 1070. The van der Waals surface area contributed by atoms with Gasteiger partial charge in [-0.05, 0) is 67.1 Å². The van der Waals surface area contributed by atoms with E-state index >= 15 is 0 Å². The van der Waals surface area contributed by atoms with Gasteiger partial charge in [0.1, 0.15) is 5.75 Å². The topological polar surface area (TPSA) is 88.6 Å². The number of halogens is 2. The number of hydrogen-bond donors (Lipinski definition) is 4. The molecular weight excluding hydrogens is 445 g/mol. The van der Waals surface area contributed by atoms with Crippen molar-refractivity contribution in [1.29, 1.82) is 0 Å². The molecule has 0 bridgehead atoms. The van der Waals surface area contributed by atoms with Gasteiger partial charge in [-0.2, -0.15) is 0 Å². The molecule has 0 radical (unpaired) electrons. The summed E-state index contributed by atoms with van der Waals surface area (Å²) in [5, 5.41) is 7.91. The standard InChI is InChI=1S/C24H27Cl2N5O/c1-32-22-5-2-17(3-6-22)29-19-9-20(30-18-4-7-23(25)24(26)12-18)11-21(10-19)31-13-15(27)8-16(28)14-31/h2-7,9-12,15-16,29-30H,8,13-14,27-28H2,1H3/t15-,16+. The van der Waals surface area contributed by atoms with E-state index in [1.807, 2.05) is 36.4 Å². The smallest absolute Gasteiger partial charge is 0.119 e. The monoisotopic (exact) mass is 471 g/mol. The van der Waals surface area contributed by atoms with Crippen LogP contribution < -0.4 is 31.7 Å². The second-order valence-corrected chi connectivity index (χ2v) is 8.85. The van der Waals surface area contributed by atoms with E-state index in [0.29, 0.717) is 10.0 Å². The van der Waals surface area contributed by atoms with Crippen LogP contribution in [0, 0.1) is 0 Å². The SMILES string of the molecule is COc1ccc(Nc2cc(Nc3ccc(Cl)c(Cl)c3)cc(N3C[C@H](N)C[C@H](N)C3)c2)cc1. The molecule has 0 aliphatic carbocycles. The maximum atomic E-state index is 6.24. The molecule has 6 N–H and O–H groups in total. The van der Waals surface area contributed by atoms with E-state index in [0.717, 1.165) is 53.7 Å². The summed E-state index contributed by atoms with van der Waals surface area (Å²) in [6, 6.07) is 19.6. The Morgan fingerprint density at radius 3 is 1.97 bits per heavy atom. The third kappa shape index (κ3) is 5.58. The number of hydrogen-bond acceptors (Lipinski definition) is 6. The lowest BCUT2D eigenvalue weighted by atomic mass is 10.0. The second-order valence-electron chi connectivity index (χ2n) is 8.04. The zero-order chi connectivity index (χ0) is 22.7. The molecule has 0 unspecified atom stereocenters. The number of nitrogens with two attached hydrogens (primary N) is 2. The fourth-order valence-corrected chi connectivity index (χ4v) is 4.21. The first kappa shape index (κ1) is 22.6. The Morgan fingerprint density at radius 2 is 1.38 bits per heavy atom. The van der Waals surface area contributed by atoms with Crippen molar-refractivity contribution in [2.75, 3.05) is 35.7 Å². The predicted molar refractivity (Wildman–Crippen MR) is 135 cm³/mol. The number of rotatable bonds is 6. The van der Waals surface area contributed by atoms with Gasteiger partial charge in [0.25, 0.3) is 0 Å². The first-order valence-electron chi connectivity index (χ1n) is 10.4. The average Bonchev–Trinajstić information content (AvgIpc) is 2.76. The van der Waals surface area contributed by atoms with Gasteiger partial charge in [0.2, 0.25) is 0 Å². The van der Waals surface area contributed by atoms with Crippen molar-refractivity contribution in [3.05, 3.63) is 70.7 Å². The van der Waals surface area contributed by atoms with Crippen molar-refractivity contribution in [1.82, 2.24) is 0 Å². The van der Waals surface area contributed by atoms with Gasteiger partial charge in [-0.25, -0.2) is 0 Å². The molecule has 6 nitrogen and oxygen atoms in total. The maximum Gasteiger partial charge on any atom is 0.119 e. The quantitative estimate of drug-likeness (QED) is 0.387. The summed E-state index contributed by atoms with van der Waals surface area (Å²) in [7, 11) is 1.65. The molecule has 1 heterocycles. The summed E-state index contributed by atoms with van der Waals surface area (Å²) >= 11 is 12.3. The Morgan fingerprint density at radius 1 is 0.781 bits per heavy atom. The highest BCUT2D eigenvalue weighted by Gasteiger charge is 2.23. The number of ether oxygens (including phenoxy) is 1. The predicted octanol–water partition coefficient (Wildman–Crippen LogP) is 5.35. The molecule has 32 heavy (non-hydrogen) atoms. The first-order chi connectivity index (χ1) is 15.4. The van der Waals surface area contributed by atoms with Crippen molar-refractivity contribution in [3.63, 3.8) is 0 Å². The van der Waals surface area contributed by atoms with Gasteiger partial charge < -0.3 is 31.7 Å². The normalized spacial score (nSPS) is 18.3. The molecule has 1 fully saturated rings. The van der Waals surface area contributed by atoms with Gasteiger partial charge in [0, 0.05) is 53.6 Å². The first-order valence-corrected chi connectivity index (χ1v) is 11.2. The van der Waals surface area contributed by atoms with Crippen LogP contribution >= 0.6 is 23.2 Å². The van der Waals surface area contributed by atoms with Crippen LogP contribution in [0.4, 0.5) is 28.4 Å². The van der Waals surface area contributed by atoms with Crippen LogP contribution in [0.3, 0.4) is 0 Å². The van der Waals surface area contributed by atoms with Gasteiger partial charge in [0.15, 0.2) is 0 Å². The highest BCUT2D eigenvalue weighted by Crippen LogP contribution is 2.33. The Kier molecular flexibility index (Phi) is 6.96. The van der Waals surface area contributed by atoms with Crippen LogP contribution in [0.25, 0.3) is 0 Å². The van der Waals surface area contributed by atoms with Gasteiger partial charge in [-0.1, -0.05) is 23.2 Å². The van der Waals surface area contributed by atoms with Crippen LogP contribution in [0.1, 0.15) is 6.42 Å². The number of methoxy groups -OCH3 is 1. The Hall–Kier alpha value is -2.64. The molecule has 1 aliphatic rings. The molecule has 3 aromatic carbocycles. The molecule has 0 saturated carbocycles. The molecule has 8 heteroatoms. The number of piperidine rings is 1. The average molecular weight is 472 g/mol. The molecule has 168 valence electrons. The Balaban J connectivity index is 1.65. The van der Waals surface area contributed by atoms with Gasteiger partial charge >= 0.3 is 0 Å². The maximum absolute atomic E-state index is 6.24. The number of anilines is 5. The number of nitrogens with zero attached hydrogens (tertiary/aromatic N) is 1. The lowest BCUT2D eigenvalue weighted by molar-refractivity contribution is 0.415. The fourth-order valence-electron chi connectivity index (χ4n) is 3.91.